The van der Waals surface area contributed by atoms with Crippen LogP contribution in [-0.2, 0) is 52.3 Å². The van der Waals surface area contributed by atoms with Crippen molar-refractivity contribution in [3.05, 3.63) is 107 Å². The van der Waals surface area contributed by atoms with E-state index in [1.54, 1.807) is 52.0 Å². The lowest BCUT2D eigenvalue weighted by molar-refractivity contribution is -0.870. The van der Waals surface area contributed by atoms with Gasteiger partial charge in [-0.3, -0.25) is 18.9 Å². The minimum atomic E-state index is -4.49. The Hall–Kier alpha value is -4.26. The molecule has 0 fully saturated rings. The maximum absolute atomic E-state index is 13.8. The number of Topliss-reactive ketones (excluding diaryl/α,β-unsaturated/α-hetero) is 1. The number of carbonyl (C=O) groups is 3. The molecule has 1 unspecified atom stereocenters. The number of nitrogens with one attached hydrogen (secondary N) is 1. The van der Waals surface area contributed by atoms with E-state index in [9.17, 15) is 40.7 Å². The number of sulfone groups is 2. The van der Waals surface area contributed by atoms with E-state index < -0.39 is 73.4 Å². The highest BCUT2D eigenvalue weighted by Gasteiger charge is 2.38. The number of ether oxygens (including phenoxy) is 3. The number of rotatable bonds is 28. The Bertz CT molecular complexity index is 2280. The van der Waals surface area contributed by atoms with Crippen molar-refractivity contribution in [3.8, 4) is 0 Å². The third-order valence-electron chi connectivity index (χ3n) is 10.2. The molecule has 3 rings (SSSR count). The summed E-state index contributed by atoms with van der Waals surface area (Å²) in [5, 5.41) is 2.70. The van der Waals surface area contributed by atoms with Crippen molar-refractivity contribution in [1.82, 2.24) is 5.32 Å². The van der Waals surface area contributed by atoms with Gasteiger partial charge in [-0.2, -0.15) is 0 Å². The summed E-state index contributed by atoms with van der Waals surface area (Å²) in [7, 11) is -6.92. The first-order valence-electron chi connectivity index (χ1n) is 21.0. The maximum atomic E-state index is 13.8. The number of phosphoric ester groups is 1. The molecule has 0 aliphatic heterocycles. The van der Waals surface area contributed by atoms with Crippen LogP contribution in [0.2, 0.25) is 0 Å². The lowest BCUT2D eigenvalue weighted by Gasteiger charge is -2.34. The van der Waals surface area contributed by atoms with Crippen LogP contribution in [0.15, 0.2) is 94.9 Å². The van der Waals surface area contributed by atoms with E-state index >= 15 is 0 Å². The van der Waals surface area contributed by atoms with Crippen molar-refractivity contribution in [3.63, 3.8) is 0 Å². The molecular weight excluding hydrogens is 900 g/mol. The summed E-state index contributed by atoms with van der Waals surface area (Å²) >= 11 is 0. The van der Waals surface area contributed by atoms with Gasteiger partial charge in [0.05, 0.1) is 79.4 Å². The average molecular weight is 965 g/mol. The van der Waals surface area contributed by atoms with Crippen molar-refractivity contribution in [1.29, 1.82) is 0 Å². The number of hydrogen-bond acceptors (Lipinski definition) is 14. The van der Waals surface area contributed by atoms with Crippen molar-refractivity contribution in [2.45, 2.75) is 57.8 Å². The van der Waals surface area contributed by atoms with Gasteiger partial charge in [0.15, 0.2) is 25.5 Å². The van der Waals surface area contributed by atoms with Crippen LogP contribution in [0.3, 0.4) is 0 Å². The van der Waals surface area contributed by atoms with E-state index in [-0.39, 0.29) is 67.1 Å². The molecule has 65 heavy (non-hydrogen) atoms. The zero-order valence-electron chi connectivity index (χ0n) is 38.9. The number of hydrogen-bond donors (Lipinski definition) is 1. The molecule has 1 N–H and O–H groups in total. The van der Waals surface area contributed by atoms with E-state index in [2.05, 4.69) is 11.9 Å². The zero-order valence-corrected chi connectivity index (χ0v) is 41.4. The number of esters is 1. The van der Waals surface area contributed by atoms with Gasteiger partial charge in [-0.25, -0.2) is 16.8 Å². The Morgan fingerprint density at radius 2 is 1.17 bits per heavy atom. The topological polar surface area (TPSA) is 218 Å². The second-order valence-corrected chi connectivity index (χ2v) is 23.7. The number of quaternary nitrogens is 1. The van der Waals surface area contributed by atoms with Gasteiger partial charge in [0.1, 0.15) is 26.4 Å². The fourth-order valence-electron chi connectivity index (χ4n) is 6.51. The number of likely N-dealkylation sites (N-methyl/N-ethyl adjacent to an activating group) is 1. The van der Waals surface area contributed by atoms with Gasteiger partial charge in [0, 0.05) is 23.1 Å². The Morgan fingerprint density at radius 3 is 1.68 bits per heavy atom. The van der Waals surface area contributed by atoms with Gasteiger partial charge < -0.3 is 38.0 Å². The van der Waals surface area contributed by atoms with Gasteiger partial charge in [-0.05, 0) is 70.5 Å². The quantitative estimate of drug-likeness (QED) is 0.0237. The van der Waals surface area contributed by atoms with Crippen LogP contribution in [0, 0.1) is 30.6 Å². The van der Waals surface area contributed by atoms with Crippen LogP contribution in [0.4, 0.5) is 0 Å². The molecule has 0 heterocycles. The van der Waals surface area contributed by atoms with Crippen LogP contribution in [0.1, 0.15) is 66.0 Å². The predicted molar refractivity (Wildman–Crippen MR) is 245 cm³/mol. The molecule has 360 valence electrons. The van der Waals surface area contributed by atoms with E-state index in [1.807, 2.05) is 35.0 Å². The largest absolute Gasteiger partial charge is 0.756 e. The summed E-state index contributed by atoms with van der Waals surface area (Å²) in [6.45, 7) is 15.0. The number of nitrogens with zero attached hydrogens (tertiary/aromatic N) is 1. The number of allylic oxidation sites excluding steroid dienone is 1. The molecule has 3 aromatic rings. The first-order valence-corrected chi connectivity index (χ1v) is 25.8. The highest BCUT2D eigenvalue weighted by Crippen LogP contribution is 2.41. The first kappa shape index (κ1) is 55.1. The summed E-state index contributed by atoms with van der Waals surface area (Å²) in [5.74, 6) is -4.26. The van der Waals surface area contributed by atoms with Crippen LogP contribution in [-0.4, -0.2) is 124 Å². The minimum Gasteiger partial charge on any atom is -0.756 e. The van der Waals surface area contributed by atoms with Crippen molar-refractivity contribution < 1.29 is 68.4 Å². The molecule has 0 spiro atoms. The van der Waals surface area contributed by atoms with Crippen molar-refractivity contribution in [2.75, 3.05) is 85.4 Å². The first-order chi connectivity index (χ1) is 30.0. The lowest BCUT2D eigenvalue weighted by Crippen LogP contribution is -2.37. The summed E-state index contributed by atoms with van der Waals surface area (Å²) in [6, 6.07) is 17.7. The van der Waals surface area contributed by atoms with Gasteiger partial charge >= 0.3 is 5.97 Å². The van der Waals surface area contributed by atoms with Gasteiger partial charge in [0.25, 0.3) is 13.7 Å². The fourth-order valence-corrected chi connectivity index (χ4v) is 10.4. The number of ketones is 1. The molecule has 16 nitrogen and oxygen atoms in total. The summed E-state index contributed by atoms with van der Waals surface area (Å²) in [6.07, 6.45) is 0.293. The van der Waals surface area contributed by atoms with E-state index in [0.717, 1.165) is 11.1 Å². The highest BCUT2D eigenvalue weighted by atomic mass is 32.2. The van der Waals surface area contributed by atoms with Crippen LogP contribution in [0.5, 0.6) is 0 Å². The SMILES string of the molecule is C=C(OCCOP(=O)([O-])OCC[N+](C)(C)C)C(C)(C)CC(C)(C)C(=O)OCCOCCNC(=O)c1ccc(C(=O)C(CS(=O)(=O)c2ccc(C)cc2)CS(=O)(=O)c2ccc(C)cc2)cc1. The smallest absolute Gasteiger partial charge is 0.311 e. The van der Waals surface area contributed by atoms with Crippen molar-refractivity contribution in [2.24, 2.45) is 16.7 Å². The molecule has 1 atom stereocenters. The summed E-state index contributed by atoms with van der Waals surface area (Å²) in [4.78, 5) is 51.7. The van der Waals surface area contributed by atoms with E-state index in [0.29, 0.717) is 23.2 Å². The van der Waals surface area contributed by atoms with E-state index in [1.165, 1.54) is 48.5 Å². The molecule has 1 amide bonds. The Kier molecular flexibility index (Phi) is 19.9. The minimum absolute atomic E-state index is 0.0152. The van der Waals surface area contributed by atoms with Crippen molar-refractivity contribution >= 4 is 45.2 Å². The van der Waals surface area contributed by atoms with Crippen LogP contribution >= 0.6 is 7.82 Å². The molecule has 0 radical (unpaired) electrons. The predicted octanol–water partition coefficient (Wildman–Crippen LogP) is 5.52. The Balaban J connectivity index is 1.46. The molecule has 3 aromatic carbocycles. The Labute approximate surface area is 384 Å². The molecule has 19 heteroatoms. The highest BCUT2D eigenvalue weighted by molar-refractivity contribution is 7.92. The third-order valence-corrected chi connectivity index (χ3v) is 14.9. The summed E-state index contributed by atoms with van der Waals surface area (Å²) < 4.78 is 92.8. The number of amides is 1. The second-order valence-electron chi connectivity index (χ2n) is 18.2. The molecule has 0 saturated carbocycles. The monoisotopic (exact) mass is 964 g/mol. The second kappa shape index (κ2) is 23.5. The third kappa shape index (κ3) is 18.5. The normalized spacial score (nSPS) is 13.5. The molecule has 0 aliphatic rings. The summed E-state index contributed by atoms with van der Waals surface area (Å²) in [5.41, 5.74) is 0.250. The molecular formula is C46H65N2O14PS2. The lowest BCUT2D eigenvalue weighted by atomic mass is 9.74. The van der Waals surface area contributed by atoms with Crippen LogP contribution < -0.4 is 10.2 Å². The molecule has 0 saturated heterocycles. The fraction of sp³-hybridized carbons (Fsp3) is 0.500. The Morgan fingerprint density at radius 1 is 0.692 bits per heavy atom. The maximum Gasteiger partial charge on any atom is 0.311 e. The van der Waals surface area contributed by atoms with Gasteiger partial charge in [0.2, 0.25) is 0 Å². The zero-order chi connectivity index (χ0) is 48.9. The standard InChI is InChI=1S/C46H65N2O14PS2/c1-34-11-19-40(20-12-34)64(54,55)31-39(32-65(56,57)41-21-13-35(2)14-22-41)42(49)37-15-17-38(18-16-37)43(50)47-23-25-58-27-28-60-44(51)46(6,7)33-45(4,5)36(3)59-29-30-62-63(52,53)61-26-24-48(8,9)10/h11-22,39H,3,23-33H2,1-2,4-10H3,(H-,47,50,52,53). The van der Waals surface area contributed by atoms with Gasteiger partial charge in [-0.1, -0.05) is 68.0 Å². The molecule has 0 aromatic heterocycles. The van der Waals surface area contributed by atoms with E-state index in [4.69, 9.17) is 23.3 Å². The molecule has 0 aliphatic carbocycles. The number of benzene rings is 3. The van der Waals surface area contributed by atoms with Gasteiger partial charge in [-0.15, -0.1) is 0 Å². The number of carbonyl (C=O) groups excluding carboxylic acids is 3. The number of aryl methyl sites for hydroxylation is 2. The molecule has 0 bridgehead atoms. The average Bonchev–Trinajstić information content (AvgIpc) is 3.20. The van der Waals surface area contributed by atoms with Crippen LogP contribution in [0.25, 0.3) is 0 Å². The number of phosphoric acid groups is 1.